The number of nitrogens with zero attached hydrogens (tertiary/aromatic N) is 2. The molecular formula is C16H12Cl2FN3O. The van der Waals surface area contributed by atoms with Crippen LogP contribution in [0.1, 0.15) is 5.56 Å². The van der Waals surface area contributed by atoms with Gasteiger partial charge in [0.05, 0.1) is 0 Å². The Morgan fingerprint density at radius 3 is 2.61 bits per heavy atom. The van der Waals surface area contributed by atoms with E-state index in [-0.39, 0.29) is 5.82 Å². The van der Waals surface area contributed by atoms with Gasteiger partial charge in [0.2, 0.25) is 0 Å². The molecule has 2 aromatic heterocycles. The number of nitrogens with one attached hydrogen (secondary N) is 1. The van der Waals surface area contributed by atoms with Crippen molar-refractivity contribution in [2.45, 2.75) is 11.8 Å². The first-order valence-corrected chi connectivity index (χ1v) is 7.66. The second-order valence-corrected chi connectivity index (χ2v) is 6.13. The van der Waals surface area contributed by atoms with E-state index in [4.69, 9.17) is 23.2 Å². The van der Waals surface area contributed by atoms with Crippen LogP contribution in [0.3, 0.4) is 0 Å². The number of rotatable bonds is 3. The maximum atomic E-state index is 13.1. The summed E-state index contributed by atoms with van der Waals surface area (Å²) in [5.74, 6) is -0.470. The Balaban J connectivity index is 2.18. The number of pyridine rings is 1. The Morgan fingerprint density at radius 1 is 1.26 bits per heavy atom. The molecule has 3 rings (SSSR count). The van der Waals surface area contributed by atoms with E-state index < -0.39 is 10.7 Å². The van der Waals surface area contributed by atoms with E-state index in [1.165, 1.54) is 12.1 Å². The molecular weight excluding hydrogens is 340 g/mol. The number of imidazole rings is 1. The molecule has 0 aliphatic rings. The van der Waals surface area contributed by atoms with E-state index in [1.807, 2.05) is 19.1 Å². The van der Waals surface area contributed by atoms with E-state index >= 15 is 0 Å². The van der Waals surface area contributed by atoms with Crippen LogP contribution in [0.25, 0.3) is 16.9 Å². The number of halogens is 3. The Morgan fingerprint density at radius 2 is 1.96 bits per heavy atom. The third-order valence-electron chi connectivity index (χ3n) is 3.34. The molecule has 1 amide bonds. The van der Waals surface area contributed by atoms with Crippen LogP contribution in [0.4, 0.5) is 10.2 Å². The molecule has 118 valence electrons. The van der Waals surface area contributed by atoms with Crippen molar-refractivity contribution >= 4 is 40.6 Å². The van der Waals surface area contributed by atoms with Crippen molar-refractivity contribution < 1.29 is 9.18 Å². The fraction of sp³-hybridized carbons (Fsp3) is 0.125. The van der Waals surface area contributed by atoms with Gasteiger partial charge in [-0.3, -0.25) is 9.20 Å². The summed E-state index contributed by atoms with van der Waals surface area (Å²) in [5, 5.41) is 2.67. The van der Waals surface area contributed by atoms with E-state index in [2.05, 4.69) is 10.3 Å². The topological polar surface area (TPSA) is 46.4 Å². The van der Waals surface area contributed by atoms with E-state index in [9.17, 15) is 9.18 Å². The smallest absolute Gasteiger partial charge is 0.258 e. The number of alkyl halides is 2. The maximum absolute atomic E-state index is 13.1. The Bertz CT molecular complexity index is 875. The van der Waals surface area contributed by atoms with Crippen LogP contribution in [0.5, 0.6) is 0 Å². The van der Waals surface area contributed by atoms with Crippen LogP contribution in [-0.2, 0) is 4.79 Å². The standard InChI is InChI=1S/C16H12Cl2FN3O/c1-9-6-7-22-12(8-9)20-13(10-2-4-11(19)5-3-10)15(22)21-16(23)14(17)18/h2-8,14H,1H3,(H,21,23). The van der Waals surface area contributed by atoms with E-state index in [0.29, 0.717) is 22.7 Å². The fourth-order valence-corrected chi connectivity index (χ4v) is 2.36. The highest BCUT2D eigenvalue weighted by atomic mass is 35.5. The monoisotopic (exact) mass is 351 g/mol. The number of hydrogen-bond donors (Lipinski definition) is 1. The molecule has 0 aliphatic carbocycles. The van der Waals surface area contributed by atoms with E-state index in [0.717, 1.165) is 5.56 Å². The molecule has 0 saturated carbocycles. The van der Waals surface area contributed by atoms with Gasteiger partial charge in [-0.15, -0.1) is 0 Å². The lowest BCUT2D eigenvalue weighted by Crippen LogP contribution is -2.20. The highest BCUT2D eigenvalue weighted by Gasteiger charge is 2.19. The largest absolute Gasteiger partial charge is 0.308 e. The number of carbonyl (C=O) groups excluding carboxylic acids is 1. The average Bonchev–Trinajstić information content (AvgIpc) is 2.85. The van der Waals surface area contributed by atoms with Gasteiger partial charge in [0, 0.05) is 11.8 Å². The van der Waals surface area contributed by atoms with Gasteiger partial charge in [0.15, 0.2) is 4.84 Å². The Labute approximate surface area is 141 Å². The number of benzene rings is 1. The summed E-state index contributed by atoms with van der Waals surface area (Å²) in [4.78, 5) is 15.2. The van der Waals surface area contributed by atoms with Crippen LogP contribution in [-0.4, -0.2) is 20.1 Å². The lowest BCUT2D eigenvalue weighted by molar-refractivity contribution is -0.114. The van der Waals surface area contributed by atoms with Crippen LogP contribution >= 0.6 is 23.2 Å². The predicted molar refractivity (Wildman–Crippen MR) is 89.4 cm³/mol. The van der Waals surface area contributed by atoms with Crippen molar-refractivity contribution in [3.63, 3.8) is 0 Å². The number of amides is 1. The maximum Gasteiger partial charge on any atom is 0.258 e. The van der Waals surface area contributed by atoms with Crippen molar-refractivity contribution in [2.24, 2.45) is 0 Å². The zero-order valence-corrected chi connectivity index (χ0v) is 13.6. The molecule has 0 atom stereocenters. The van der Waals surface area contributed by atoms with Crippen molar-refractivity contribution in [2.75, 3.05) is 5.32 Å². The number of aryl methyl sites for hydroxylation is 1. The number of aromatic nitrogens is 2. The first kappa shape index (κ1) is 15.8. The lowest BCUT2D eigenvalue weighted by atomic mass is 10.1. The Kier molecular flexibility index (Phi) is 4.24. The molecule has 0 fully saturated rings. The van der Waals surface area contributed by atoms with Crippen LogP contribution in [0.2, 0.25) is 0 Å². The third-order valence-corrected chi connectivity index (χ3v) is 3.74. The zero-order valence-electron chi connectivity index (χ0n) is 12.1. The van der Waals surface area contributed by atoms with Gasteiger partial charge in [-0.1, -0.05) is 23.2 Å². The highest BCUT2D eigenvalue weighted by Crippen LogP contribution is 2.29. The molecule has 4 nitrogen and oxygen atoms in total. The fourth-order valence-electron chi connectivity index (χ4n) is 2.25. The van der Waals surface area contributed by atoms with Crippen LogP contribution in [0.15, 0.2) is 42.6 Å². The number of carbonyl (C=O) groups is 1. The molecule has 2 heterocycles. The quantitative estimate of drug-likeness (QED) is 0.719. The van der Waals surface area contributed by atoms with Crippen LogP contribution < -0.4 is 5.32 Å². The first-order valence-electron chi connectivity index (χ1n) is 6.79. The molecule has 1 N–H and O–H groups in total. The predicted octanol–water partition coefficient (Wildman–Crippen LogP) is 4.19. The highest BCUT2D eigenvalue weighted by molar-refractivity contribution is 6.54. The summed E-state index contributed by atoms with van der Waals surface area (Å²) >= 11 is 11.2. The van der Waals surface area contributed by atoms with Gasteiger partial charge >= 0.3 is 0 Å². The molecule has 23 heavy (non-hydrogen) atoms. The SMILES string of the molecule is Cc1ccn2c(NC(=O)C(Cl)Cl)c(-c3ccc(F)cc3)nc2c1. The average molecular weight is 352 g/mol. The molecule has 1 aromatic carbocycles. The molecule has 0 saturated heterocycles. The summed E-state index contributed by atoms with van der Waals surface area (Å²) in [6.45, 7) is 1.94. The normalized spacial score (nSPS) is 11.2. The lowest BCUT2D eigenvalue weighted by Gasteiger charge is -2.08. The van der Waals surface area contributed by atoms with Crippen molar-refractivity contribution in [1.82, 2.24) is 9.38 Å². The molecule has 0 unspecified atom stereocenters. The minimum absolute atomic E-state index is 0.347. The molecule has 0 bridgehead atoms. The Hall–Kier alpha value is -2.11. The van der Waals surface area contributed by atoms with Gasteiger partial charge < -0.3 is 5.32 Å². The molecule has 3 aromatic rings. The second kappa shape index (κ2) is 6.18. The first-order chi connectivity index (χ1) is 11.0. The zero-order chi connectivity index (χ0) is 16.6. The minimum atomic E-state index is -1.20. The molecule has 0 radical (unpaired) electrons. The van der Waals surface area contributed by atoms with Crippen molar-refractivity contribution in [1.29, 1.82) is 0 Å². The van der Waals surface area contributed by atoms with Crippen molar-refractivity contribution in [3.8, 4) is 11.3 Å². The number of fused-ring (bicyclic) bond motifs is 1. The minimum Gasteiger partial charge on any atom is -0.308 e. The summed E-state index contributed by atoms with van der Waals surface area (Å²) in [6, 6.07) is 9.63. The number of hydrogen-bond acceptors (Lipinski definition) is 2. The summed E-state index contributed by atoms with van der Waals surface area (Å²) in [7, 11) is 0. The summed E-state index contributed by atoms with van der Waals surface area (Å²) in [6.07, 6.45) is 1.79. The number of anilines is 1. The molecule has 0 spiro atoms. The van der Waals surface area contributed by atoms with Gasteiger partial charge in [0.25, 0.3) is 5.91 Å². The second-order valence-electron chi connectivity index (χ2n) is 5.04. The molecule has 7 heteroatoms. The van der Waals surface area contributed by atoms with Crippen LogP contribution in [0, 0.1) is 12.7 Å². The van der Waals surface area contributed by atoms with Gasteiger partial charge in [-0.25, -0.2) is 9.37 Å². The van der Waals surface area contributed by atoms with E-state index in [1.54, 1.807) is 22.7 Å². The summed E-state index contributed by atoms with van der Waals surface area (Å²) < 4.78 is 14.9. The third kappa shape index (κ3) is 3.16. The van der Waals surface area contributed by atoms with Gasteiger partial charge in [-0.2, -0.15) is 0 Å². The van der Waals surface area contributed by atoms with Gasteiger partial charge in [0.1, 0.15) is 23.0 Å². The molecule has 0 aliphatic heterocycles. The van der Waals surface area contributed by atoms with Gasteiger partial charge in [-0.05, 0) is 48.9 Å². The van der Waals surface area contributed by atoms with Crippen molar-refractivity contribution in [3.05, 3.63) is 54.0 Å². The summed E-state index contributed by atoms with van der Waals surface area (Å²) in [5.41, 5.74) is 2.86.